The number of carbonyl (C=O) groups is 2. The molecule has 1 aliphatic rings. The number of hydrogen-bond donors (Lipinski definition) is 1. The quantitative estimate of drug-likeness (QED) is 0.804. The van der Waals surface area contributed by atoms with E-state index < -0.39 is 5.91 Å². The molecule has 15 heavy (non-hydrogen) atoms. The molecule has 0 atom stereocenters. The van der Waals surface area contributed by atoms with Crippen molar-refractivity contribution in [3.63, 3.8) is 0 Å². The molecule has 1 aromatic carbocycles. The molecule has 78 valence electrons. The number of amides is 2. The number of anilines is 1. The number of primary amides is 1. The second kappa shape index (κ2) is 3.55. The molecule has 0 radical (unpaired) electrons. The minimum Gasteiger partial charge on any atom is -0.368 e. The van der Waals surface area contributed by atoms with Crippen LogP contribution in [0.15, 0.2) is 18.2 Å². The Morgan fingerprint density at radius 2 is 2.27 bits per heavy atom. The van der Waals surface area contributed by atoms with Crippen LogP contribution in [0.4, 0.5) is 5.69 Å². The minimum atomic E-state index is -0.531. The minimum absolute atomic E-state index is 0.0911. The van der Waals surface area contributed by atoms with Gasteiger partial charge in [0.2, 0.25) is 11.8 Å². The van der Waals surface area contributed by atoms with E-state index in [4.69, 9.17) is 17.3 Å². The molecule has 0 aromatic heterocycles. The van der Waals surface area contributed by atoms with E-state index in [1.165, 1.54) is 4.90 Å². The molecule has 5 heteroatoms. The monoisotopic (exact) mass is 224 g/mol. The van der Waals surface area contributed by atoms with E-state index in [0.717, 1.165) is 5.56 Å². The van der Waals surface area contributed by atoms with Gasteiger partial charge in [-0.3, -0.25) is 9.59 Å². The highest BCUT2D eigenvalue weighted by molar-refractivity contribution is 6.31. The van der Waals surface area contributed by atoms with E-state index in [1.807, 2.05) is 0 Å². The number of halogens is 1. The molecule has 1 aromatic rings. The van der Waals surface area contributed by atoms with Crippen molar-refractivity contribution in [2.45, 2.75) is 6.42 Å². The number of nitrogens with two attached hydrogens (primary N) is 1. The van der Waals surface area contributed by atoms with Crippen LogP contribution in [0, 0.1) is 0 Å². The number of nitrogens with zero attached hydrogens (tertiary/aromatic N) is 1. The van der Waals surface area contributed by atoms with Crippen LogP contribution in [-0.4, -0.2) is 18.4 Å². The zero-order valence-corrected chi connectivity index (χ0v) is 8.62. The lowest BCUT2D eigenvalue weighted by Crippen LogP contribution is -2.35. The predicted molar refractivity (Wildman–Crippen MR) is 56.7 cm³/mol. The van der Waals surface area contributed by atoms with Crippen molar-refractivity contribution in [1.82, 2.24) is 0 Å². The molecule has 1 aliphatic heterocycles. The van der Waals surface area contributed by atoms with E-state index >= 15 is 0 Å². The molecule has 0 aliphatic carbocycles. The highest BCUT2D eigenvalue weighted by atomic mass is 35.5. The molecule has 0 saturated heterocycles. The van der Waals surface area contributed by atoms with Crippen molar-refractivity contribution < 1.29 is 9.59 Å². The Balaban J connectivity index is 2.39. The lowest BCUT2D eigenvalue weighted by atomic mass is 10.2. The fraction of sp³-hybridized carbons (Fsp3) is 0.200. The van der Waals surface area contributed by atoms with Crippen LogP contribution in [0.5, 0.6) is 0 Å². The first-order chi connectivity index (χ1) is 7.08. The Kier molecular flexibility index (Phi) is 2.36. The van der Waals surface area contributed by atoms with Crippen LogP contribution in [0.1, 0.15) is 5.56 Å². The van der Waals surface area contributed by atoms with Gasteiger partial charge in [0.15, 0.2) is 0 Å². The third kappa shape index (κ3) is 1.80. The van der Waals surface area contributed by atoms with E-state index in [0.29, 0.717) is 17.1 Å². The average molecular weight is 225 g/mol. The van der Waals surface area contributed by atoms with Crippen LogP contribution in [0.25, 0.3) is 0 Å². The van der Waals surface area contributed by atoms with Gasteiger partial charge in [0, 0.05) is 10.7 Å². The molecular weight excluding hydrogens is 216 g/mol. The molecule has 2 rings (SSSR count). The van der Waals surface area contributed by atoms with E-state index in [9.17, 15) is 9.59 Å². The van der Waals surface area contributed by atoms with Gasteiger partial charge in [0.05, 0.1) is 6.42 Å². The molecule has 4 nitrogen and oxygen atoms in total. The van der Waals surface area contributed by atoms with Crippen molar-refractivity contribution in [3.8, 4) is 0 Å². The number of fused-ring (bicyclic) bond motifs is 1. The van der Waals surface area contributed by atoms with Crippen molar-refractivity contribution in [2.24, 2.45) is 5.73 Å². The normalized spacial score (nSPS) is 14.2. The second-order valence-electron chi connectivity index (χ2n) is 3.40. The average Bonchev–Trinajstić information content (AvgIpc) is 2.43. The maximum absolute atomic E-state index is 11.6. The van der Waals surface area contributed by atoms with Gasteiger partial charge in [-0.25, -0.2) is 0 Å². The molecular formula is C10H9ClN2O2. The fourth-order valence-corrected chi connectivity index (χ4v) is 1.83. The van der Waals surface area contributed by atoms with Crippen molar-refractivity contribution >= 4 is 29.1 Å². The highest BCUT2D eigenvalue weighted by Gasteiger charge is 2.28. The molecule has 0 saturated carbocycles. The van der Waals surface area contributed by atoms with Crippen LogP contribution in [0.3, 0.4) is 0 Å². The lowest BCUT2D eigenvalue weighted by molar-refractivity contribution is -0.121. The van der Waals surface area contributed by atoms with E-state index in [1.54, 1.807) is 18.2 Å². The van der Waals surface area contributed by atoms with Crippen LogP contribution in [0.2, 0.25) is 5.02 Å². The van der Waals surface area contributed by atoms with Crippen LogP contribution in [-0.2, 0) is 16.0 Å². The van der Waals surface area contributed by atoms with Crippen molar-refractivity contribution in [3.05, 3.63) is 28.8 Å². The van der Waals surface area contributed by atoms with Gasteiger partial charge in [-0.2, -0.15) is 0 Å². The summed E-state index contributed by atoms with van der Waals surface area (Å²) in [5, 5.41) is 0.540. The third-order valence-corrected chi connectivity index (χ3v) is 2.53. The molecule has 1 heterocycles. The number of carbonyl (C=O) groups excluding carboxylic acids is 2. The van der Waals surface area contributed by atoms with Gasteiger partial charge in [-0.15, -0.1) is 0 Å². The SMILES string of the molecule is NC(=O)CN1C(=O)Cc2ccc(Cl)cc21. The van der Waals surface area contributed by atoms with E-state index in [-0.39, 0.29) is 12.5 Å². The van der Waals surface area contributed by atoms with Gasteiger partial charge in [-0.05, 0) is 17.7 Å². The molecule has 2 amide bonds. The maximum Gasteiger partial charge on any atom is 0.237 e. The van der Waals surface area contributed by atoms with Gasteiger partial charge in [-0.1, -0.05) is 17.7 Å². The van der Waals surface area contributed by atoms with Gasteiger partial charge in [0.1, 0.15) is 6.54 Å². The maximum atomic E-state index is 11.6. The Hall–Kier alpha value is -1.55. The predicted octanol–water partition coefficient (Wildman–Crippen LogP) is 0.714. The molecule has 0 unspecified atom stereocenters. The summed E-state index contributed by atoms with van der Waals surface area (Å²) in [7, 11) is 0. The zero-order chi connectivity index (χ0) is 11.0. The Labute approximate surface area is 91.6 Å². The largest absolute Gasteiger partial charge is 0.368 e. The zero-order valence-electron chi connectivity index (χ0n) is 7.87. The van der Waals surface area contributed by atoms with Gasteiger partial charge < -0.3 is 10.6 Å². The standard InChI is InChI=1S/C10H9ClN2O2/c11-7-2-1-6-3-10(15)13(5-9(12)14)8(6)4-7/h1-2,4H,3,5H2,(H2,12,14). The lowest BCUT2D eigenvalue weighted by Gasteiger charge is -2.15. The van der Waals surface area contributed by atoms with Crippen molar-refractivity contribution in [1.29, 1.82) is 0 Å². The third-order valence-electron chi connectivity index (χ3n) is 2.29. The summed E-state index contributed by atoms with van der Waals surface area (Å²) in [6, 6.07) is 5.18. The summed E-state index contributed by atoms with van der Waals surface area (Å²) < 4.78 is 0. The first kappa shape index (κ1) is 9.98. The molecule has 2 N–H and O–H groups in total. The van der Waals surface area contributed by atoms with Crippen LogP contribution < -0.4 is 10.6 Å². The Bertz CT molecular complexity index is 445. The van der Waals surface area contributed by atoms with Gasteiger partial charge >= 0.3 is 0 Å². The highest BCUT2D eigenvalue weighted by Crippen LogP contribution is 2.30. The summed E-state index contributed by atoms with van der Waals surface area (Å²) in [6.07, 6.45) is 0.305. The van der Waals surface area contributed by atoms with Gasteiger partial charge in [0.25, 0.3) is 0 Å². The van der Waals surface area contributed by atoms with E-state index in [2.05, 4.69) is 0 Å². The first-order valence-corrected chi connectivity index (χ1v) is 4.83. The first-order valence-electron chi connectivity index (χ1n) is 4.45. The topological polar surface area (TPSA) is 63.4 Å². The molecule has 0 fully saturated rings. The Morgan fingerprint density at radius 1 is 1.53 bits per heavy atom. The van der Waals surface area contributed by atoms with Crippen molar-refractivity contribution in [2.75, 3.05) is 11.4 Å². The summed E-state index contributed by atoms with van der Waals surface area (Å²) in [6.45, 7) is -0.0911. The Morgan fingerprint density at radius 3 is 2.93 bits per heavy atom. The fourth-order valence-electron chi connectivity index (χ4n) is 1.66. The smallest absolute Gasteiger partial charge is 0.237 e. The van der Waals surface area contributed by atoms with Crippen LogP contribution >= 0.6 is 11.6 Å². The summed E-state index contributed by atoms with van der Waals surface area (Å²) in [4.78, 5) is 23.7. The second-order valence-corrected chi connectivity index (χ2v) is 3.83. The number of hydrogen-bond acceptors (Lipinski definition) is 2. The summed E-state index contributed by atoms with van der Waals surface area (Å²) in [5.74, 6) is -0.651. The molecule has 0 spiro atoms. The number of rotatable bonds is 2. The number of benzene rings is 1. The molecule has 0 bridgehead atoms. The summed E-state index contributed by atoms with van der Waals surface area (Å²) >= 11 is 5.82. The summed E-state index contributed by atoms with van der Waals surface area (Å²) in [5.41, 5.74) is 6.63.